The molecule has 0 aromatic heterocycles. The Labute approximate surface area is 129 Å². The second-order valence-electron chi connectivity index (χ2n) is 4.25. The van der Waals surface area contributed by atoms with Crippen LogP contribution in [0.3, 0.4) is 0 Å². The number of hydrogen-bond donors (Lipinski definition) is 0. The predicted octanol–water partition coefficient (Wildman–Crippen LogP) is 1.73. The highest BCUT2D eigenvalue weighted by molar-refractivity contribution is 8.18. The normalized spacial score (nSPS) is 16.5. The number of amides is 2. The molecule has 0 bridgehead atoms. The van der Waals surface area contributed by atoms with Gasteiger partial charge in [0.25, 0.3) is 16.8 Å². The lowest BCUT2D eigenvalue weighted by atomic mass is 10.1. The zero-order valence-corrected chi connectivity index (χ0v) is 12.5. The van der Waals surface area contributed by atoms with Gasteiger partial charge in [-0.15, -0.1) is 0 Å². The van der Waals surface area contributed by atoms with Crippen LogP contribution in [0, 0.1) is 10.1 Å². The molecule has 1 heterocycles. The molecule has 116 valence electrons. The highest BCUT2D eigenvalue weighted by Crippen LogP contribution is 2.37. The van der Waals surface area contributed by atoms with Gasteiger partial charge in [0.1, 0.15) is 5.75 Å². The first-order valence-electron chi connectivity index (χ1n) is 6.17. The largest absolute Gasteiger partial charge is 0.865 e. The fourth-order valence-corrected chi connectivity index (χ4v) is 2.81. The first kappa shape index (κ1) is 15.8. The van der Waals surface area contributed by atoms with Crippen molar-refractivity contribution >= 4 is 34.7 Å². The van der Waals surface area contributed by atoms with Crippen LogP contribution in [0.25, 0.3) is 6.08 Å². The van der Waals surface area contributed by atoms with E-state index in [1.54, 1.807) is 6.92 Å². The van der Waals surface area contributed by atoms with Crippen molar-refractivity contribution in [1.82, 2.24) is 4.90 Å². The van der Waals surface area contributed by atoms with Gasteiger partial charge in [0, 0.05) is 18.4 Å². The van der Waals surface area contributed by atoms with E-state index in [4.69, 9.17) is 4.74 Å². The van der Waals surface area contributed by atoms with Crippen LogP contribution in [0.15, 0.2) is 17.0 Å². The molecule has 1 aromatic carbocycles. The van der Waals surface area contributed by atoms with Gasteiger partial charge in [-0.05, 0) is 36.4 Å². The average molecular weight is 323 g/mol. The minimum absolute atomic E-state index is 0.141. The molecular formula is C13H11N2O6S-. The number of hydrogen-bond acceptors (Lipinski definition) is 7. The van der Waals surface area contributed by atoms with Gasteiger partial charge in [-0.3, -0.25) is 24.6 Å². The number of methoxy groups -OCH3 is 1. The zero-order chi connectivity index (χ0) is 16.4. The fraction of sp³-hybridized carbons (Fsp3) is 0.231. The number of nitro benzene ring substituents is 1. The highest BCUT2D eigenvalue weighted by atomic mass is 32.2. The maximum Gasteiger partial charge on any atom is 0.293 e. The summed E-state index contributed by atoms with van der Waals surface area (Å²) in [5, 5.41) is 22.2. The van der Waals surface area contributed by atoms with Crippen LogP contribution in [-0.2, 0) is 4.79 Å². The van der Waals surface area contributed by atoms with Crippen LogP contribution in [0.2, 0.25) is 0 Å². The van der Waals surface area contributed by atoms with Crippen molar-refractivity contribution in [3.63, 3.8) is 0 Å². The lowest BCUT2D eigenvalue weighted by molar-refractivity contribution is -0.398. The molecule has 9 heteroatoms. The second kappa shape index (κ2) is 6.06. The van der Waals surface area contributed by atoms with Crippen molar-refractivity contribution in [2.75, 3.05) is 13.7 Å². The maximum absolute atomic E-state index is 12.0. The Hall–Kier alpha value is -2.55. The third-order valence-electron chi connectivity index (χ3n) is 2.96. The van der Waals surface area contributed by atoms with Gasteiger partial charge in [0.15, 0.2) is 0 Å². The van der Waals surface area contributed by atoms with E-state index in [9.17, 15) is 24.8 Å². The molecule has 2 amide bonds. The molecule has 1 aromatic rings. The van der Waals surface area contributed by atoms with E-state index in [0.717, 1.165) is 22.7 Å². The Kier molecular flexibility index (Phi) is 4.36. The Morgan fingerprint density at radius 2 is 2.09 bits per heavy atom. The summed E-state index contributed by atoms with van der Waals surface area (Å²) in [6.07, 6.45) is 1.33. The number of nitro groups is 1. The van der Waals surface area contributed by atoms with E-state index in [2.05, 4.69) is 0 Å². The topological polar surface area (TPSA) is 113 Å². The standard InChI is InChI=1S/C13H12N2O6S/c1-3-14-12(17)10(22-13(14)18)6-7-4-8(15(19)20)11(16)9(5-7)21-2/h4-6,16H,3H2,1-2H3/p-1/b10-6-. The molecule has 1 aliphatic heterocycles. The number of ether oxygens (including phenoxy) is 1. The quantitative estimate of drug-likeness (QED) is 0.471. The van der Waals surface area contributed by atoms with E-state index in [1.165, 1.54) is 19.3 Å². The van der Waals surface area contributed by atoms with Gasteiger partial charge < -0.3 is 9.84 Å². The van der Waals surface area contributed by atoms with Gasteiger partial charge in [0.2, 0.25) is 0 Å². The third kappa shape index (κ3) is 2.75. The van der Waals surface area contributed by atoms with Crippen LogP contribution in [0.5, 0.6) is 11.5 Å². The van der Waals surface area contributed by atoms with Crippen LogP contribution in [-0.4, -0.2) is 34.6 Å². The minimum atomic E-state index is -0.841. The molecule has 2 rings (SSSR count). The summed E-state index contributed by atoms with van der Waals surface area (Å²) < 4.78 is 4.82. The summed E-state index contributed by atoms with van der Waals surface area (Å²) in [5.74, 6) is -1.51. The zero-order valence-electron chi connectivity index (χ0n) is 11.7. The van der Waals surface area contributed by atoms with E-state index < -0.39 is 27.5 Å². The van der Waals surface area contributed by atoms with Crippen LogP contribution >= 0.6 is 11.8 Å². The molecule has 1 saturated heterocycles. The monoisotopic (exact) mass is 323 g/mol. The predicted molar refractivity (Wildman–Crippen MR) is 77.4 cm³/mol. The summed E-state index contributed by atoms with van der Waals surface area (Å²) in [6, 6.07) is 2.33. The number of thioether (sulfide) groups is 1. The summed E-state index contributed by atoms with van der Waals surface area (Å²) >= 11 is 0.743. The number of carbonyl (C=O) groups excluding carboxylic acids is 2. The number of rotatable bonds is 4. The summed E-state index contributed by atoms with van der Waals surface area (Å²) in [6.45, 7) is 1.91. The van der Waals surface area contributed by atoms with Crippen molar-refractivity contribution in [2.24, 2.45) is 0 Å². The number of carbonyl (C=O) groups is 2. The van der Waals surface area contributed by atoms with Crippen molar-refractivity contribution < 1.29 is 24.4 Å². The van der Waals surface area contributed by atoms with Crippen LogP contribution in [0.1, 0.15) is 12.5 Å². The van der Waals surface area contributed by atoms with Gasteiger partial charge in [0.05, 0.1) is 16.9 Å². The highest BCUT2D eigenvalue weighted by Gasteiger charge is 2.33. The SMILES string of the molecule is CCN1C(=O)S/C(=C\c2cc(OC)c([O-])c([N+](=O)[O-])c2)C1=O. The summed E-state index contributed by atoms with van der Waals surface area (Å²) in [4.78, 5) is 34.9. The lowest BCUT2D eigenvalue weighted by Crippen LogP contribution is -2.27. The van der Waals surface area contributed by atoms with E-state index in [1.807, 2.05) is 0 Å². The molecule has 1 fully saturated rings. The lowest BCUT2D eigenvalue weighted by Gasteiger charge is -2.13. The molecule has 0 spiro atoms. The fourth-order valence-electron chi connectivity index (χ4n) is 1.90. The van der Waals surface area contributed by atoms with Gasteiger partial charge in [-0.25, -0.2) is 0 Å². The number of imide groups is 1. The molecule has 8 nitrogen and oxygen atoms in total. The van der Waals surface area contributed by atoms with Gasteiger partial charge >= 0.3 is 0 Å². The number of nitrogens with zero attached hydrogens (tertiary/aromatic N) is 2. The van der Waals surface area contributed by atoms with E-state index in [-0.39, 0.29) is 22.8 Å². The molecule has 0 atom stereocenters. The number of benzene rings is 1. The molecule has 0 unspecified atom stereocenters. The van der Waals surface area contributed by atoms with Crippen molar-refractivity contribution in [2.45, 2.75) is 6.92 Å². The van der Waals surface area contributed by atoms with Crippen LogP contribution in [0.4, 0.5) is 10.5 Å². The third-order valence-corrected chi connectivity index (χ3v) is 3.87. The molecule has 0 radical (unpaired) electrons. The Morgan fingerprint density at radius 1 is 1.41 bits per heavy atom. The van der Waals surface area contributed by atoms with Crippen molar-refractivity contribution in [1.29, 1.82) is 0 Å². The van der Waals surface area contributed by atoms with Crippen LogP contribution < -0.4 is 9.84 Å². The Morgan fingerprint density at radius 3 is 2.59 bits per heavy atom. The van der Waals surface area contributed by atoms with Gasteiger partial charge in [-0.2, -0.15) is 0 Å². The first-order valence-corrected chi connectivity index (χ1v) is 6.99. The minimum Gasteiger partial charge on any atom is -0.865 e. The average Bonchev–Trinajstić information content (AvgIpc) is 2.74. The van der Waals surface area contributed by atoms with Gasteiger partial charge in [-0.1, -0.05) is 0 Å². The Bertz CT molecular complexity index is 700. The molecule has 1 aliphatic rings. The molecule has 0 saturated carbocycles. The summed E-state index contributed by atoms with van der Waals surface area (Å²) in [7, 11) is 1.22. The maximum atomic E-state index is 12.0. The smallest absolute Gasteiger partial charge is 0.293 e. The molecular weight excluding hydrogens is 312 g/mol. The molecule has 22 heavy (non-hydrogen) atoms. The summed E-state index contributed by atoms with van der Waals surface area (Å²) in [5.41, 5.74) is -0.412. The Balaban J connectivity index is 2.48. The van der Waals surface area contributed by atoms with Crippen molar-refractivity contribution in [3.05, 3.63) is 32.7 Å². The second-order valence-corrected chi connectivity index (χ2v) is 5.25. The molecule has 0 aliphatic carbocycles. The first-order chi connectivity index (χ1) is 10.4. The molecule has 0 N–H and O–H groups in total. The van der Waals surface area contributed by atoms with Crippen molar-refractivity contribution in [3.8, 4) is 11.5 Å². The number of likely N-dealkylation sites (N-methyl/N-ethyl adjacent to an activating group) is 1. The van der Waals surface area contributed by atoms with E-state index in [0.29, 0.717) is 0 Å². The van der Waals surface area contributed by atoms with E-state index >= 15 is 0 Å².